The molecule has 0 saturated heterocycles. The maximum Gasteiger partial charge on any atom is 0.184 e. The molecule has 3 nitrogen and oxygen atoms in total. The zero-order valence-corrected chi connectivity index (χ0v) is 20.5. The first-order chi connectivity index (χ1) is 17.8. The van der Waals surface area contributed by atoms with Gasteiger partial charge in [-0.15, -0.1) is 0 Å². The summed E-state index contributed by atoms with van der Waals surface area (Å²) in [5.74, 6) is 0. The SMILES string of the molecule is [C-]#[N+]c1cc([N+]#[C-])cc(N2c3ccccc3[Si](c3ccccc3)(c3ccccc3)c3ccccc32)c1. The van der Waals surface area contributed by atoms with Gasteiger partial charge in [0.15, 0.2) is 19.4 Å². The number of anilines is 3. The number of fused-ring (bicyclic) bond motifs is 2. The Labute approximate surface area is 212 Å². The van der Waals surface area contributed by atoms with Gasteiger partial charge in [-0.1, -0.05) is 103 Å². The molecule has 5 aromatic carbocycles. The average molecular weight is 476 g/mol. The maximum absolute atomic E-state index is 7.61. The number of nitrogens with zero attached hydrogens (tertiary/aromatic N) is 3. The Kier molecular flexibility index (Phi) is 5.23. The van der Waals surface area contributed by atoms with Crippen molar-refractivity contribution in [1.82, 2.24) is 0 Å². The van der Waals surface area contributed by atoms with Crippen LogP contribution in [0.3, 0.4) is 0 Å². The fraction of sp³-hybridized carbons (Fsp3) is 0. The van der Waals surface area contributed by atoms with Crippen LogP contribution in [0.4, 0.5) is 28.4 Å². The van der Waals surface area contributed by atoms with Crippen molar-refractivity contribution in [2.75, 3.05) is 4.90 Å². The molecule has 0 saturated carbocycles. The number of benzene rings is 5. The molecule has 6 rings (SSSR count). The molecule has 168 valence electrons. The Morgan fingerprint density at radius 3 is 1.36 bits per heavy atom. The number of para-hydroxylation sites is 2. The zero-order chi connectivity index (χ0) is 24.5. The summed E-state index contributed by atoms with van der Waals surface area (Å²) in [6, 6.07) is 44.4. The summed E-state index contributed by atoms with van der Waals surface area (Å²) in [7, 11) is -2.66. The summed E-state index contributed by atoms with van der Waals surface area (Å²) in [6.45, 7) is 15.2. The Balaban J connectivity index is 1.76. The third-order valence-electron chi connectivity index (χ3n) is 6.92. The van der Waals surface area contributed by atoms with E-state index in [1.807, 2.05) is 12.1 Å². The van der Waals surface area contributed by atoms with Crippen LogP contribution in [0.2, 0.25) is 0 Å². The van der Waals surface area contributed by atoms with Gasteiger partial charge in [0.1, 0.15) is 0 Å². The molecule has 0 unspecified atom stereocenters. The van der Waals surface area contributed by atoms with Crippen LogP contribution in [0.5, 0.6) is 0 Å². The molecule has 5 aromatic rings. The molecule has 0 fully saturated rings. The first-order valence-electron chi connectivity index (χ1n) is 11.8. The maximum atomic E-state index is 7.61. The summed E-state index contributed by atoms with van der Waals surface area (Å²) < 4.78 is 0. The van der Waals surface area contributed by atoms with Crippen molar-refractivity contribution >= 4 is 57.3 Å². The molecule has 36 heavy (non-hydrogen) atoms. The first kappa shape index (κ1) is 21.6. The zero-order valence-electron chi connectivity index (χ0n) is 19.5. The van der Waals surface area contributed by atoms with Gasteiger partial charge in [0.25, 0.3) is 0 Å². The van der Waals surface area contributed by atoms with Gasteiger partial charge >= 0.3 is 0 Å². The molecule has 0 atom stereocenters. The van der Waals surface area contributed by atoms with Gasteiger partial charge in [-0.05, 0) is 45.0 Å². The molecule has 4 heteroatoms. The molecular formula is C32H21N3Si. The van der Waals surface area contributed by atoms with Crippen LogP contribution in [0.1, 0.15) is 0 Å². The lowest BCUT2D eigenvalue weighted by molar-refractivity contribution is 1.29. The van der Waals surface area contributed by atoms with Crippen LogP contribution < -0.4 is 25.6 Å². The van der Waals surface area contributed by atoms with E-state index in [9.17, 15) is 0 Å². The Hall–Kier alpha value is -4.90. The Morgan fingerprint density at radius 2 is 0.917 bits per heavy atom. The standard InChI is InChI=1S/C32H21N3Si/c1-33-24-21-25(34-2)23-26(22-24)35-29-17-9-11-19-31(29)36(27-13-5-3-6-14-27,28-15-7-4-8-16-28)32-20-12-10-18-30(32)35/h3-23H. The molecule has 1 aliphatic rings. The molecule has 1 heterocycles. The van der Waals surface area contributed by atoms with E-state index in [1.54, 1.807) is 6.07 Å². The van der Waals surface area contributed by atoms with Crippen LogP contribution in [0.15, 0.2) is 127 Å². The van der Waals surface area contributed by atoms with Gasteiger partial charge in [-0.2, -0.15) is 0 Å². The molecule has 1 aliphatic heterocycles. The predicted molar refractivity (Wildman–Crippen MR) is 151 cm³/mol. The first-order valence-corrected chi connectivity index (χ1v) is 13.8. The average Bonchev–Trinajstić information content (AvgIpc) is 2.96. The fourth-order valence-corrected chi connectivity index (χ4v) is 10.6. The summed E-state index contributed by atoms with van der Waals surface area (Å²) in [5.41, 5.74) is 3.95. The number of hydrogen-bond acceptors (Lipinski definition) is 1. The largest absolute Gasteiger partial charge is 0.313 e. The van der Waals surface area contributed by atoms with Crippen molar-refractivity contribution in [3.8, 4) is 0 Å². The summed E-state index contributed by atoms with van der Waals surface area (Å²) in [6.07, 6.45) is 0. The van der Waals surface area contributed by atoms with E-state index in [4.69, 9.17) is 13.1 Å². The molecule has 0 amide bonds. The highest BCUT2D eigenvalue weighted by molar-refractivity contribution is 7.21. The van der Waals surface area contributed by atoms with Crippen LogP contribution in [0.25, 0.3) is 9.69 Å². The van der Waals surface area contributed by atoms with Crippen molar-refractivity contribution in [1.29, 1.82) is 0 Å². The predicted octanol–water partition coefficient (Wildman–Crippen LogP) is 5.95. The van der Waals surface area contributed by atoms with Crippen molar-refractivity contribution in [3.63, 3.8) is 0 Å². The lowest BCUT2D eigenvalue weighted by atomic mass is 10.1. The Morgan fingerprint density at radius 1 is 0.500 bits per heavy atom. The van der Waals surface area contributed by atoms with E-state index in [2.05, 4.69) is 124 Å². The summed E-state index contributed by atoms with van der Waals surface area (Å²) >= 11 is 0. The molecule has 0 aromatic heterocycles. The van der Waals surface area contributed by atoms with Gasteiger partial charge in [0.05, 0.1) is 13.1 Å². The van der Waals surface area contributed by atoms with Crippen LogP contribution >= 0.6 is 0 Å². The highest BCUT2D eigenvalue weighted by Crippen LogP contribution is 2.41. The molecule has 0 bridgehead atoms. The molecule has 0 N–H and O–H groups in total. The quantitative estimate of drug-likeness (QED) is 0.228. The molecule has 0 radical (unpaired) electrons. The van der Waals surface area contributed by atoms with E-state index in [0.29, 0.717) is 11.4 Å². The van der Waals surface area contributed by atoms with Gasteiger partial charge in [-0.3, -0.25) is 0 Å². The highest BCUT2D eigenvalue weighted by atomic mass is 28.3. The number of hydrogen-bond donors (Lipinski definition) is 0. The van der Waals surface area contributed by atoms with Crippen molar-refractivity contribution in [3.05, 3.63) is 150 Å². The van der Waals surface area contributed by atoms with Gasteiger partial charge in [0.2, 0.25) is 0 Å². The van der Waals surface area contributed by atoms with Crippen LogP contribution in [-0.4, -0.2) is 8.07 Å². The van der Waals surface area contributed by atoms with Crippen molar-refractivity contribution in [2.24, 2.45) is 0 Å². The van der Waals surface area contributed by atoms with Crippen molar-refractivity contribution < 1.29 is 0 Å². The lowest BCUT2D eigenvalue weighted by Gasteiger charge is -2.45. The normalized spacial score (nSPS) is 13.1. The van der Waals surface area contributed by atoms with Gasteiger partial charge in [-0.25, -0.2) is 9.69 Å². The van der Waals surface area contributed by atoms with Gasteiger partial charge < -0.3 is 4.90 Å². The minimum atomic E-state index is -2.66. The van der Waals surface area contributed by atoms with Crippen LogP contribution in [0, 0.1) is 13.1 Å². The summed E-state index contributed by atoms with van der Waals surface area (Å²) in [5, 5.41) is 5.23. The second-order valence-corrected chi connectivity index (χ2v) is 12.5. The molecule has 0 spiro atoms. The second-order valence-electron chi connectivity index (χ2n) is 8.78. The van der Waals surface area contributed by atoms with E-state index in [1.165, 1.54) is 20.7 Å². The topological polar surface area (TPSA) is 12.0 Å². The Bertz CT molecular complexity index is 1540. The van der Waals surface area contributed by atoms with E-state index >= 15 is 0 Å². The molecular weight excluding hydrogens is 454 g/mol. The van der Waals surface area contributed by atoms with Crippen molar-refractivity contribution in [2.45, 2.75) is 0 Å². The smallest absolute Gasteiger partial charge is 0.184 e. The highest BCUT2D eigenvalue weighted by Gasteiger charge is 2.48. The molecule has 0 aliphatic carbocycles. The van der Waals surface area contributed by atoms with Gasteiger partial charge in [0, 0.05) is 17.1 Å². The number of rotatable bonds is 3. The third-order valence-corrected chi connectivity index (χ3v) is 11.8. The monoisotopic (exact) mass is 475 g/mol. The van der Waals surface area contributed by atoms with Crippen LogP contribution in [-0.2, 0) is 0 Å². The second kappa shape index (κ2) is 8.71. The lowest BCUT2D eigenvalue weighted by Crippen LogP contribution is -2.77. The third kappa shape index (κ3) is 3.17. The minimum absolute atomic E-state index is 0.466. The van der Waals surface area contributed by atoms with E-state index < -0.39 is 8.07 Å². The van der Waals surface area contributed by atoms with E-state index in [-0.39, 0.29) is 0 Å². The van der Waals surface area contributed by atoms with E-state index in [0.717, 1.165) is 17.1 Å². The fourth-order valence-electron chi connectivity index (χ4n) is 5.53. The summed E-state index contributed by atoms with van der Waals surface area (Å²) in [4.78, 5) is 9.55. The minimum Gasteiger partial charge on any atom is -0.313 e.